The van der Waals surface area contributed by atoms with Crippen molar-refractivity contribution in [3.05, 3.63) is 29.3 Å². The Morgan fingerprint density at radius 1 is 1.35 bits per heavy atom. The molecule has 0 saturated carbocycles. The van der Waals surface area contributed by atoms with Gasteiger partial charge in [0.1, 0.15) is 5.75 Å². The maximum absolute atomic E-state index is 11.6. The summed E-state index contributed by atoms with van der Waals surface area (Å²) in [6.07, 6.45) is -0.574. The van der Waals surface area contributed by atoms with E-state index in [0.717, 1.165) is 5.56 Å². The Morgan fingerprint density at radius 3 is 2.65 bits per heavy atom. The van der Waals surface area contributed by atoms with E-state index in [1.165, 1.54) is 5.56 Å². The van der Waals surface area contributed by atoms with Crippen LogP contribution >= 0.6 is 0 Å². The molecule has 112 valence electrons. The maximum atomic E-state index is 11.6. The predicted octanol–water partition coefficient (Wildman–Crippen LogP) is 0.721. The smallest absolute Gasteiger partial charge is 0.258 e. The first-order valence-electron chi connectivity index (χ1n) is 6.68. The number of likely N-dealkylation sites (N-methyl/N-ethyl adjacent to an activating group) is 1. The summed E-state index contributed by atoms with van der Waals surface area (Å²) in [6, 6.07) is 5.71. The number of carbonyl (C=O) groups excluding carboxylic acids is 1. The molecule has 0 heterocycles. The van der Waals surface area contributed by atoms with Crippen LogP contribution in [0.4, 0.5) is 0 Å². The van der Waals surface area contributed by atoms with Gasteiger partial charge in [0.25, 0.3) is 5.91 Å². The second-order valence-corrected chi connectivity index (χ2v) is 5.25. The SMILES string of the molecule is Cc1ccc(OCC(=O)NCC(O)CN(C)C)cc1C. The van der Waals surface area contributed by atoms with E-state index in [1.54, 1.807) is 0 Å². The third-order valence-corrected chi connectivity index (χ3v) is 2.96. The molecule has 0 bridgehead atoms. The molecule has 1 atom stereocenters. The fourth-order valence-corrected chi connectivity index (χ4v) is 1.72. The van der Waals surface area contributed by atoms with Crippen molar-refractivity contribution in [2.45, 2.75) is 20.0 Å². The zero-order valence-corrected chi connectivity index (χ0v) is 12.6. The van der Waals surface area contributed by atoms with Gasteiger partial charge in [-0.1, -0.05) is 6.07 Å². The average molecular weight is 280 g/mol. The number of hydrogen-bond acceptors (Lipinski definition) is 4. The van der Waals surface area contributed by atoms with Gasteiger partial charge in [-0.05, 0) is 51.2 Å². The Kier molecular flexibility index (Phi) is 6.48. The first kappa shape index (κ1) is 16.5. The summed E-state index contributed by atoms with van der Waals surface area (Å²) in [5.74, 6) is 0.443. The molecule has 5 nitrogen and oxygen atoms in total. The highest BCUT2D eigenvalue weighted by Crippen LogP contribution is 2.16. The van der Waals surface area contributed by atoms with E-state index in [4.69, 9.17) is 4.74 Å². The summed E-state index contributed by atoms with van der Waals surface area (Å²) in [6.45, 7) is 4.72. The Hall–Kier alpha value is -1.59. The monoisotopic (exact) mass is 280 g/mol. The number of hydrogen-bond donors (Lipinski definition) is 2. The number of benzene rings is 1. The third-order valence-electron chi connectivity index (χ3n) is 2.96. The van der Waals surface area contributed by atoms with E-state index in [2.05, 4.69) is 5.32 Å². The minimum Gasteiger partial charge on any atom is -0.484 e. The number of amides is 1. The second kappa shape index (κ2) is 7.87. The summed E-state index contributed by atoms with van der Waals surface area (Å²) in [5, 5.41) is 12.3. The van der Waals surface area contributed by atoms with Gasteiger partial charge in [-0.2, -0.15) is 0 Å². The molecule has 0 radical (unpaired) electrons. The van der Waals surface area contributed by atoms with E-state index >= 15 is 0 Å². The van der Waals surface area contributed by atoms with Gasteiger partial charge in [-0.3, -0.25) is 4.79 Å². The molecule has 0 saturated heterocycles. The predicted molar refractivity (Wildman–Crippen MR) is 79.0 cm³/mol. The lowest BCUT2D eigenvalue weighted by molar-refractivity contribution is -0.123. The summed E-state index contributed by atoms with van der Waals surface area (Å²) in [4.78, 5) is 13.5. The first-order valence-corrected chi connectivity index (χ1v) is 6.68. The quantitative estimate of drug-likeness (QED) is 0.772. The molecule has 1 amide bonds. The molecular formula is C15H24N2O3. The van der Waals surface area contributed by atoms with E-state index in [9.17, 15) is 9.90 Å². The molecule has 1 unspecified atom stereocenters. The van der Waals surface area contributed by atoms with Crippen molar-refractivity contribution in [1.82, 2.24) is 10.2 Å². The number of aliphatic hydroxyl groups excluding tert-OH is 1. The summed E-state index contributed by atoms with van der Waals surface area (Å²) >= 11 is 0. The van der Waals surface area contributed by atoms with Gasteiger partial charge in [0.05, 0.1) is 6.10 Å². The van der Waals surface area contributed by atoms with Crippen molar-refractivity contribution < 1.29 is 14.6 Å². The zero-order valence-electron chi connectivity index (χ0n) is 12.6. The molecule has 0 fully saturated rings. The number of rotatable bonds is 7. The highest BCUT2D eigenvalue weighted by Gasteiger charge is 2.08. The molecule has 1 aromatic rings. The van der Waals surface area contributed by atoms with Gasteiger partial charge in [0, 0.05) is 13.1 Å². The number of ether oxygens (including phenoxy) is 1. The molecule has 0 aromatic heterocycles. The van der Waals surface area contributed by atoms with Crippen LogP contribution in [0.5, 0.6) is 5.75 Å². The molecule has 0 aliphatic rings. The van der Waals surface area contributed by atoms with Crippen LogP contribution in [-0.2, 0) is 4.79 Å². The number of aryl methyl sites for hydroxylation is 2. The molecule has 1 rings (SSSR count). The van der Waals surface area contributed by atoms with Gasteiger partial charge < -0.3 is 20.1 Å². The molecule has 0 spiro atoms. The van der Waals surface area contributed by atoms with E-state index < -0.39 is 6.10 Å². The second-order valence-electron chi connectivity index (χ2n) is 5.25. The molecule has 20 heavy (non-hydrogen) atoms. The zero-order chi connectivity index (χ0) is 15.1. The normalized spacial score (nSPS) is 12.3. The fraction of sp³-hybridized carbons (Fsp3) is 0.533. The lowest BCUT2D eigenvalue weighted by Gasteiger charge is -2.16. The fourth-order valence-electron chi connectivity index (χ4n) is 1.72. The largest absolute Gasteiger partial charge is 0.484 e. The molecule has 2 N–H and O–H groups in total. The van der Waals surface area contributed by atoms with Crippen LogP contribution in [0.1, 0.15) is 11.1 Å². The van der Waals surface area contributed by atoms with Crippen molar-refractivity contribution >= 4 is 5.91 Å². The minimum atomic E-state index is -0.574. The third kappa shape index (κ3) is 6.04. The maximum Gasteiger partial charge on any atom is 0.258 e. The first-order chi connectivity index (χ1) is 9.38. The highest BCUT2D eigenvalue weighted by atomic mass is 16.5. The van der Waals surface area contributed by atoms with Crippen LogP contribution in [-0.4, -0.2) is 55.8 Å². The molecule has 0 aliphatic carbocycles. The molecule has 1 aromatic carbocycles. The molecule has 0 aliphatic heterocycles. The van der Waals surface area contributed by atoms with Crippen molar-refractivity contribution in [3.63, 3.8) is 0 Å². The number of carbonyl (C=O) groups is 1. The van der Waals surface area contributed by atoms with Crippen LogP contribution in [0.3, 0.4) is 0 Å². The molecular weight excluding hydrogens is 256 g/mol. The van der Waals surface area contributed by atoms with E-state index in [-0.39, 0.29) is 19.1 Å². The van der Waals surface area contributed by atoms with Crippen LogP contribution in [0, 0.1) is 13.8 Å². The summed E-state index contributed by atoms with van der Waals surface area (Å²) in [5.41, 5.74) is 2.32. The van der Waals surface area contributed by atoms with E-state index in [0.29, 0.717) is 12.3 Å². The Balaban J connectivity index is 2.31. The van der Waals surface area contributed by atoms with Crippen LogP contribution in [0.2, 0.25) is 0 Å². The molecule has 5 heteroatoms. The average Bonchev–Trinajstić information content (AvgIpc) is 2.37. The Labute approximate surface area is 120 Å². The summed E-state index contributed by atoms with van der Waals surface area (Å²) in [7, 11) is 3.74. The van der Waals surface area contributed by atoms with Crippen molar-refractivity contribution in [2.75, 3.05) is 33.8 Å². The summed E-state index contributed by atoms with van der Waals surface area (Å²) < 4.78 is 5.41. The van der Waals surface area contributed by atoms with Gasteiger partial charge in [-0.15, -0.1) is 0 Å². The lowest BCUT2D eigenvalue weighted by Crippen LogP contribution is -2.39. The van der Waals surface area contributed by atoms with E-state index in [1.807, 2.05) is 51.0 Å². The van der Waals surface area contributed by atoms with Crippen LogP contribution in [0.25, 0.3) is 0 Å². The van der Waals surface area contributed by atoms with Crippen LogP contribution < -0.4 is 10.1 Å². The number of nitrogens with zero attached hydrogens (tertiary/aromatic N) is 1. The lowest BCUT2D eigenvalue weighted by atomic mass is 10.1. The Morgan fingerprint density at radius 2 is 2.05 bits per heavy atom. The number of aliphatic hydroxyl groups is 1. The van der Waals surface area contributed by atoms with Crippen LogP contribution in [0.15, 0.2) is 18.2 Å². The standard InChI is InChI=1S/C15H24N2O3/c1-11-5-6-14(7-12(11)2)20-10-15(19)16-8-13(18)9-17(3)4/h5-7,13,18H,8-10H2,1-4H3,(H,16,19). The van der Waals surface area contributed by atoms with Crippen molar-refractivity contribution in [1.29, 1.82) is 0 Å². The number of nitrogens with one attached hydrogen (secondary N) is 1. The Bertz CT molecular complexity index is 447. The minimum absolute atomic E-state index is 0.0445. The van der Waals surface area contributed by atoms with Gasteiger partial charge in [-0.25, -0.2) is 0 Å². The van der Waals surface area contributed by atoms with Gasteiger partial charge in [0.2, 0.25) is 0 Å². The van der Waals surface area contributed by atoms with Gasteiger partial charge in [0.15, 0.2) is 6.61 Å². The highest BCUT2D eigenvalue weighted by molar-refractivity contribution is 5.77. The van der Waals surface area contributed by atoms with Crippen molar-refractivity contribution in [3.8, 4) is 5.75 Å². The van der Waals surface area contributed by atoms with Crippen molar-refractivity contribution in [2.24, 2.45) is 0 Å². The topological polar surface area (TPSA) is 61.8 Å². The van der Waals surface area contributed by atoms with Gasteiger partial charge >= 0.3 is 0 Å².